The second-order valence-electron chi connectivity index (χ2n) is 5.70. The molecular formula is C19H23NO5. The van der Waals surface area contributed by atoms with E-state index in [0.717, 1.165) is 23.6 Å². The van der Waals surface area contributed by atoms with Crippen molar-refractivity contribution < 1.29 is 24.2 Å². The lowest BCUT2D eigenvalue weighted by molar-refractivity contribution is -0.139. The Hall–Kier alpha value is -2.60. The van der Waals surface area contributed by atoms with E-state index in [2.05, 4.69) is 12.2 Å². The van der Waals surface area contributed by atoms with Gasteiger partial charge in [0.05, 0.1) is 0 Å². The zero-order valence-electron chi connectivity index (χ0n) is 14.5. The van der Waals surface area contributed by atoms with Crippen molar-refractivity contribution in [1.29, 1.82) is 0 Å². The van der Waals surface area contributed by atoms with Crippen molar-refractivity contribution in [1.82, 2.24) is 0 Å². The number of hydrogen-bond acceptors (Lipinski definition) is 4. The van der Waals surface area contributed by atoms with Gasteiger partial charge in [0, 0.05) is 23.1 Å². The maximum absolute atomic E-state index is 12.3. The van der Waals surface area contributed by atoms with Gasteiger partial charge in [0.15, 0.2) is 6.61 Å². The number of amides is 1. The quantitative estimate of drug-likeness (QED) is 0.680. The highest BCUT2D eigenvalue weighted by Gasteiger charge is 2.15. The first-order chi connectivity index (χ1) is 12.0. The molecule has 2 aromatic rings. The monoisotopic (exact) mass is 345 g/mol. The van der Waals surface area contributed by atoms with Crippen molar-refractivity contribution in [3.63, 3.8) is 0 Å². The van der Waals surface area contributed by atoms with E-state index in [-0.39, 0.29) is 5.91 Å². The lowest BCUT2D eigenvalue weighted by Crippen LogP contribution is -2.28. The number of benzene rings is 2. The topological polar surface area (TPSA) is 84.9 Å². The van der Waals surface area contributed by atoms with Crippen LogP contribution in [0.5, 0.6) is 5.75 Å². The number of rotatable bonds is 9. The zero-order valence-corrected chi connectivity index (χ0v) is 14.5. The predicted octanol–water partition coefficient (Wildman–Crippen LogP) is 3.45. The van der Waals surface area contributed by atoms with Crippen molar-refractivity contribution in [2.24, 2.45) is 0 Å². The van der Waals surface area contributed by atoms with Gasteiger partial charge in [-0.15, -0.1) is 0 Å². The molecule has 1 amide bonds. The van der Waals surface area contributed by atoms with Crippen LogP contribution >= 0.6 is 0 Å². The number of carboxylic acid groups (broad SMARTS) is 1. The normalized spacial score (nSPS) is 11.9. The van der Waals surface area contributed by atoms with E-state index < -0.39 is 18.7 Å². The lowest BCUT2D eigenvalue weighted by Gasteiger charge is -2.16. The number of aliphatic carboxylic acids is 1. The zero-order chi connectivity index (χ0) is 18.2. The van der Waals surface area contributed by atoms with Gasteiger partial charge in [-0.25, -0.2) is 4.79 Å². The number of hydrogen-bond donors (Lipinski definition) is 2. The summed E-state index contributed by atoms with van der Waals surface area (Å²) in [6.45, 7) is 3.91. The largest absolute Gasteiger partial charge is 0.481 e. The summed E-state index contributed by atoms with van der Waals surface area (Å²) in [5.74, 6) is -0.803. The molecule has 1 atom stereocenters. The number of fused-ring (bicyclic) bond motifs is 1. The maximum Gasteiger partial charge on any atom is 0.341 e. The molecule has 0 fully saturated rings. The first kappa shape index (κ1) is 18.7. The Balaban J connectivity index is 2.17. The molecule has 0 saturated heterocycles. The van der Waals surface area contributed by atoms with Gasteiger partial charge in [0.2, 0.25) is 0 Å². The summed E-state index contributed by atoms with van der Waals surface area (Å²) in [7, 11) is 0. The Morgan fingerprint density at radius 1 is 1.16 bits per heavy atom. The highest BCUT2D eigenvalue weighted by molar-refractivity contribution is 6.05. The maximum atomic E-state index is 12.3. The van der Waals surface area contributed by atoms with E-state index in [1.807, 2.05) is 24.3 Å². The van der Waals surface area contributed by atoms with Crippen LogP contribution in [0.3, 0.4) is 0 Å². The smallest absolute Gasteiger partial charge is 0.341 e. The molecule has 2 aromatic carbocycles. The second-order valence-corrected chi connectivity index (χ2v) is 5.70. The Labute approximate surface area is 146 Å². The van der Waals surface area contributed by atoms with E-state index in [4.69, 9.17) is 14.6 Å². The standard InChI is InChI=1S/C19H23NO5/c1-3-4-11-24-13(2)19(23)20-16-9-10-17(25-12-18(21)22)15-8-6-5-7-14(15)16/h5-10,13H,3-4,11-12H2,1-2H3,(H,20,23)(H,21,22). The van der Waals surface area contributed by atoms with E-state index in [1.54, 1.807) is 19.1 Å². The van der Waals surface area contributed by atoms with Crippen LogP contribution in [0.15, 0.2) is 36.4 Å². The van der Waals surface area contributed by atoms with Gasteiger partial charge in [-0.3, -0.25) is 4.79 Å². The number of ether oxygens (including phenoxy) is 2. The molecule has 0 saturated carbocycles. The summed E-state index contributed by atoms with van der Waals surface area (Å²) in [5, 5.41) is 13.2. The summed E-state index contributed by atoms with van der Waals surface area (Å²) in [4.78, 5) is 23.0. The van der Waals surface area contributed by atoms with Crippen LogP contribution in [0.2, 0.25) is 0 Å². The molecular weight excluding hydrogens is 322 g/mol. The molecule has 0 heterocycles. The molecule has 0 spiro atoms. The van der Waals surface area contributed by atoms with E-state index >= 15 is 0 Å². The van der Waals surface area contributed by atoms with Crippen molar-refractivity contribution in [3.8, 4) is 5.75 Å². The summed E-state index contributed by atoms with van der Waals surface area (Å²) in [6, 6.07) is 10.7. The van der Waals surface area contributed by atoms with Gasteiger partial charge in [-0.05, 0) is 25.5 Å². The third-order valence-corrected chi connectivity index (χ3v) is 3.73. The fraction of sp³-hybridized carbons (Fsp3) is 0.368. The number of carbonyl (C=O) groups excluding carboxylic acids is 1. The first-order valence-corrected chi connectivity index (χ1v) is 8.31. The lowest BCUT2D eigenvalue weighted by atomic mass is 10.1. The molecule has 0 bridgehead atoms. The summed E-state index contributed by atoms with van der Waals surface area (Å²) < 4.78 is 10.8. The Bertz CT molecular complexity index is 744. The summed E-state index contributed by atoms with van der Waals surface area (Å²) in [5.41, 5.74) is 0.634. The Morgan fingerprint density at radius 3 is 2.56 bits per heavy atom. The number of unbranched alkanes of at least 4 members (excludes halogenated alkanes) is 1. The minimum atomic E-state index is -1.04. The molecule has 25 heavy (non-hydrogen) atoms. The average Bonchev–Trinajstić information content (AvgIpc) is 2.61. The predicted molar refractivity (Wildman–Crippen MR) is 96.0 cm³/mol. The average molecular weight is 345 g/mol. The molecule has 134 valence electrons. The summed E-state index contributed by atoms with van der Waals surface area (Å²) >= 11 is 0. The van der Waals surface area contributed by atoms with Crippen molar-refractivity contribution in [2.45, 2.75) is 32.8 Å². The SMILES string of the molecule is CCCCOC(C)C(=O)Nc1ccc(OCC(=O)O)c2ccccc12. The van der Waals surface area contributed by atoms with Gasteiger partial charge in [0.1, 0.15) is 11.9 Å². The van der Waals surface area contributed by atoms with Gasteiger partial charge in [0.25, 0.3) is 5.91 Å². The Kier molecular flexibility index (Phi) is 6.77. The minimum absolute atomic E-state index is 0.222. The van der Waals surface area contributed by atoms with Crippen LogP contribution in [0, 0.1) is 0 Å². The molecule has 0 aliphatic rings. The number of carboxylic acids is 1. The molecule has 0 radical (unpaired) electrons. The van der Waals surface area contributed by atoms with Crippen molar-refractivity contribution >= 4 is 28.3 Å². The van der Waals surface area contributed by atoms with Crippen LogP contribution in [0.25, 0.3) is 10.8 Å². The van der Waals surface area contributed by atoms with Gasteiger partial charge in [-0.2, -0.15) is 0 Å². The van der Waals surface area contributed by atoms with Crippen LogP contribution < -0.4 is 10.1 Å². The fourth-order valence-corrected chi connectivity index (χ4v) is 2.36. The molecule has 0 aliphatic carbocycles. The van der Waals surface area contributed by atoms with E-state index in [0.29, 0.717) is 18.0 Å². The minimum Gasteiger partial charge on any atom is -0.481 e. The van der Waals surface area contributed by atoms with Crippen LogP contribution in [-0.4, -0.2) is 36.3 Å². The van der Waals surface area contributed by atoms with E-state index in [1.165, 1.54) is 0 Å². The van der Waals surface area contributed by atoms with E-state index in [9.17, 15) is 9.59 Å². The third-order valence-electron chi connectivity index (χ3n) is 3.73. The fourth-order valence-electron chi connectivity index (χ4n) is 2.36. The molecule has 6 nitrogen and oxygen atoms in total. The number of nitrogens with one attached hydrogen (secondary N) is 1. The van der Waals surface area contributed by atoms with Crippen LogP contribution in [-0.2, 0) is 14.3 Å². The number of anilines is 1. The molecule has 0 aromatic heterocycles. The molecule has 2 N–H and O–H groups in total. The van der Waals surface area contributed by atoms with Gasteiger partial charge < -0.3 is 19.9 Å². The molecule has 0 aliphatic heterocycles. The highest BCUT2D eigenvalue weighted by atomic mass is 16.5. The second kappa shape index (κ2) is 9.03. The third kappa shape index (κ3) is 5.19. The molecule has 2 rings (SSSR count). The van der Waals surface area contributed by atoms with Crippen LogP contribution in [0.1, 0.15) is 26.7 Å². The van der Waals surface area contributed by atoms with Crippen molar-refractivity contribution in [3.05, 3.63) is 36.4 Å². The summed E-state index contributed by atoms with van der Waals surface area (Å²) in [6.07, 6.45) is 1.38. The van der Waals surface area contributed by atoms with Crippen molar-refractivity contribution in [2.75, 3.05) is 18.5 Å². The highest BCUT2D eigenvalue weighted by Crippen LogP contribution is 2.31. The van der Waals surface area contributed by atoms with Gasteiger partial charge >= 0.3 is 5.97 Å². The van der Waals surface area contributed by atoms with Crippen LogP contribution in [0.4, 0.5) is 5.69 Å². The Morgan fingerprint density at radius 2 is 1.88 bits per heavy atom. The molecule has 6 heteroatoms. The number of carbonyl (C=O) groups is 2. The molecule has 1 unspecified atom stereocenters. The first-order valence-electron chi connectivity index (χ1n) is 8.31. The van der Waals surface area contributed by atoms with Gasteiger partial charge in [-0.1, -0.05) is 37.6 Å².